The van der Waals surface area contributed by atoms with Crippen LogP contribution in [0.5, 0.6) is 0 Å². The van der Waals surface area contributed by atoms with Gasteiger partial charge in [0.25, 0.3) is 0 Å². The Kier molecular flexibility index (Phi) is 3.66. The molecule has 1 N–H and O–H groups in total. The lowest BCUT2D eigenvalue weighted by molar-refractivity contribution is -0.140. The third-order valence-electron chi connectivity index (χ3n) is 2.77. The van der Waals surface area contributed by atoms with Crippen LogP contribution >= 0.6 is 0 Å². The van der Waals surface area contributed by atoms with Gasteiger partial charge in [0.05, 0.1) is 0 Å². The van der Waals surface area contributed by atoms with Gasteiger partial charge in [-0.15, -0.1) is 5.10 Å². The normalized spacial score (nSPS) is 12.3. The van der Waals surface area contributed by atoms with Crippen molar-refractivity contribution < 1.29 is 9.90 Å². The average Bonchev–Trinajstić information content (AvgIpc) is 2.84. The number of tetrazole rings is 1. The Morgan fingerprint density at radius 2 is 2.06 bits per heavy atom. The zero-order valence-electron chi connectivity index (χ0n) is 10.0. The number of aryl methyl sites for hydroxylation is 2. The van der Waals surface area contributed by atoms with E-state index >= 15 is 0 Å². The summed E-state index contributed by atoms with van der Waals surface area (Å²) in [5.74, 6) is -0.350. The lowest BCUT2D eigenvalue weighted by atomic mass is 10.1. The summed E-state index contributed by atoms with van der Waals surface area (Å²) in [5.41, 5.74) is 1.18. The second-order valence-electron chi connectivity index (χ2n) is 4.04. The van der Waals surface area contributed by atoms with Gasteiger partial charge in [0, 0.05) is 6.42 Å². The minimum Gasteiger partial charge on any atom is -0.480 e. The fourth-order valence-electron chi connectivity index (χ4n) is 1.68. The molecule has 0 aliphatic carbocycles. The van der Waals surface area contributed by atoms with Crippen LogP contribution in [0.2, 0.25) is 0 Å². The topological polar surface area (TPSA) is 80.9 Å². The molecule has 0 aliphatic rings. The Bertz CT molecular complexity index is 524. The van der Waals surface area contributed by atoms with Crippen molar-refractivity contribution in [2.45, 2.75) is 25.8 Å². The summed E-state index contributed by atoms with van der Waals surface area (Å²) in [6, 6.07) is 9.20. The predicted octanol–water partition coefficient (Wildman–Crippen LogP) is 1.10. The number of aromatic nitrogens is 4. The third kappa shape index (κ3) is 2.71. The maximum Gasteiger partial charge on any atom is 0.328 e. The molecule has 6 nitrogen and oxygen atoms in total. The van der Waals surface area contributed by atoms with Crippen LogP contribution in [-0.4, -0.2) is 31.3 Å². The van der Waals surface area contributed by atoms with Crippen LogP contribution in [-0.2, 0) is 17.6 Å². The number of aliphatic carboxylic acids is 1. The summed E-state index contributed by atoms with van der Waals surface area (Å²) in [6.45, 7) is 1.56. The van der Waals surface area contributed by atoms with Gasteiger partial charge < -0.3 is 5.11 Å². The molecule has 6 heteroatoms. The third-order valence-corrected chi connectivity index (χ3v) is 2.77. The van der Waals surface area contributed by atoms with Crippen molar-refractivity contribution in [3.05, 3.63) is 41.7 Å². The van der Waals surface area contributed by atoms with Crippen molar-refractivity contribution in [1.82, 2.24) is 20.2 Å². The van der Waals surface area contributed by atoms with Crippen molar-refractivity contribution in [3.8, 4) is 0 Å². The second-order valence-corrected chi connectivity index (χ2v) is 4.04. The monoisotopic (exact) mass is 246 g/mol. The Morgan fingerprint density at radius 1 is 1.33 bits per heavy atom. The van der Waals surface area contributed by atoms with Crippen molar-refractivity contribution in [1.29, 1.82) is 0 Å². The molecule has 0 radical (unpaired) electrons. The van der Waals surface area contributed by atoms with E-state index < -0.39 is 12.0 Å². The number of rotatable bonds is 5. The van der Waals surface area contributed by atoms with Crippen LogP contribution in [0.3, 0.4) is 0 Å². The van der Waals surface area contributed by atoms with Gasteiger partial charge in [-0.3, -0.25) is 0 Å². The van der Waals surface area contributed by atoms with Crippen LogP contribution in [0.1, 0.15) is 24.4 Å². The number of nitrogens with zero attached hydrogens (tertiary/aromatic N) is 4. The summed E-state index contributed by atoms with van der Waals surface area (Å²) >= 11 is 0. The zero-order valence-corrected chi connectivity index (χ0v) is 10.0. The standard InChI is InChI=1S/C12H14N4O2/c1-9(12(17)18)16-11(13-14-15-16)8-7-10-5-3-2-4-6-10/h2-6,9H,7-8H2,1H3,(H,17,18). The first-order valence-electron chi connectivity index (χ1n) is 5.72. The number of carboxylic acids is 1. The van der Waals surface area contributed by atoms with E-state index in [4.69, 9.17) is 5.11 Å². The number of benzene rings is 1. The van der Waals surface area contributed by atoms with E-state index in [0.29, 0.717) is 12.2 Å². The Morgan fingerprint density at radius 3 is 2.72 bits per heavy atom. The molecule has 0 spiro atoms. The van der Waals surface area contributed by atoms with Gasteiger partial charge in [-0.25, -0.2) is 9.48 Å². The predicted molar refractivity (Wildman–Crippen MR) is 64.0 cm³/mol. The molecule has 2 rings (SSSR count). The number of hydrogen-bond acceptors (Lipinski definition) is 4. The summed E-state index contributed by atoms with van der Waals surface area (Å²) in [4.78, 5) is 10.9. The summed E-state index contributed by atoms with van der Waals surface area (Å²) in [5, 5.41) is 20.1. The molecule has 1 aromatic heterocycles. The largest absolute Gasteiger partial charge is 0.480 e. The lowest BCUT2D eigenvalue weighted by Crippen LogP contribution is -2.19. The zero-order chi connectivity index (χ0) is 13.0. The number of carbonyl (C=O) groups is 1. The lowest BCUT2D eigenvalue weighted by Gasteiger charge is -2.08. The van der Waals surface area contributed by atoms with Gasteiger partial charge in [0.15, 0.2) is 5.82 Å². The summed E-state index contributed by atoms with van der Waals surface area (Å²) in [7, 11) is 0. The van der Waals surface area contributed by atoms with Gasteiger partial charge in [-0.1, -0.05) is 30.3 Å². The molecular weight excluding hydrogens is 232 g/mol. The molecule has 0 aliphatic heterocycles. The van der Waals surface area contributed by atoms with E-state index in [1.807, 2.05) is 30.3 Å². The molecule has 1 unspecified atom stereocenters. The molecule has 0 saturated carbocycles. The highest BCUT2D eigenvalue weighted by Gasteiger charge is 2.18. The highest BCUT2D eigenvalue weighted by molar-refractivity contribution is 5.71. The molecule has 0 bridgehead atoms. The molecule has 2 aromatic rings. The maximum atomic E-state index is 10.9. The highest BCUT2D eigenvalue weighted by Crippen LogP contribution is 2.09. The summed E-state index contributed by atoms with van der Waals surface area (Å²) < 4.78 is 1.35. The van der Waals surface area contributed by atoms with E-state index in [1.165, 1.54) is 10.2 Å². The van der Waals surface area contributed by atoms with Gasteiger partial charge in [-0.05, 0) is 29.3 Å². The molecule has 18 heavy (non-hydrogen) atoms. The molecule has 1 atom stereocenters. The Hall–Kier alpha value is -2.24. The minimum atomic E-state index is -0.941. The first-order chi connectivity index (χ1) is 8.68. The fraction of sp³-hybridized carbons (Fsp3) is 0.333. The van der Waals surface area contributed by atoms with Crippen molar-refractivity contribution in [3.63, 3.8) is 0 Å². The Labute approximate surface area is 104 Å². The van der Waals surface area contributed by atoms with Crippen LogP contribution in [0.25, 0.3) is 0 Å². The van der Waals surface area contributed by atoms with Gasteiger partial charge >= 0.3 is 5.97 Å². The SMILES string of the molecule is CC(C(=O)O)n1nnnc1CCc1ccccc1. The highest BCUT2D eigenvalue weighted by atomic mass is 16.4. The molecule has 1 aromatic carbocycles. The van der Waals surface area contributed by atoms with Gasteiger partial charge in [-0.2, -0.15) is 0 Å². The Balaban J connectivity index is 2.07. The molecule has 94 valence electrons. The van der Waals surface area contributed by atoms with Crippen molar-refractivity contribution >= 4 is 5.97 Å². The van der Waals surface area contributed by atoms with Crippen molar-refractivity contribution in [2.24, 2.45) is 0 Å². The second kappa shape index (κ2) is 5.39. The quantitative estimate of drug-likeness (QED) is 0.854. The fourth-order valence-corrected chi connectivity index (χ4v) is 1.68. The van der Waals surface area contributed by atoms with Crippen molar-refractivity contribution in [2.75, 3.05) is 0 Å². The van der Waals surface area contributed by atoms with E-state index in [1.54, 1.807) is 6.92 Å². The van der Waals surface area contributed by atoms with Crippen LogP contribution < -0.4 is 0 Å². The number of carboxylic acid groups (broad SMARTS) is 1. The minimum absolute atomic E-state index is 0.591. The first-order valence-corrected chi connectivity index (χ1v) is 5.72. The van der Waals surface area contributed by atoms with Gasteiger partial charge in [0.1, 0.15) is 6.04 Å². The summed E-state index contributed by atoms with van der Waals surface area (Å²) in [6.07, 6.45) is 1.40. The van der Waals surface area contributed by atoms with E-state index in [2.05, 4.69) is 15.5 Å². The van der Waals surface area contributed by atoms with E-state index in [-0.39, 0.29) is 0 Å². The molecule has 1 heterocycles. The molecular formula is C12H14N4O2. The molecule has 0 fully saturated rings. The van der Waals surface area contributed by atoms with Crippen LogP contribution in [0, 0.1) is 0 Å². The van der Waals surface area contributed by atoms with Crippen LogP contribution in [0.4, 0.5) is 0 Å². The smallest absolute Gasteiger partial charge is 0.328 e. The van der Waals surface area contributed by atoms with E-state index in [9.17, 15) is 4.79 Å². The molecule has 0 saturated heterocycles. The van der Waals surface area contributed by atoms with Gasteiger partial charge in [0.2, 0.25) is 0 Å². The van der Waals surface area contributed by atoms with Crippen LogP contribution in [0.15, 0.2) is 30.3 Å². The first kappa shape index (κ1) is 12.2. The average molecular weight is 246 g/mol. The van der Waals surface area contributed by atoms with E-state index in [0.717, 1.165) is 6.42 Å². The molecule has 0 amide bonds. The maximum absolute atomic E-state index is 10.9. The number of hydrogen-bond donors (Lipinski definition) is 1.